The van der Waals surface area contributed by atoms with Gasteiger partial charge in [-0.05, 0) is 34.5 Å². The average molecular weight is 267 g/mol. The van der Waals surface area contributed by atoms with E-state index in [2.05, 4.69) is 0 Å². The maximum Gasteiger partial charge on any atom is 0.363 e. The van der Waals surface area contributed by atoms with Crippen LogP contribution in [0.2, 0.25) is 0 Å². The first kappa shape index (κ1) is 11.2. The van der Waals surface area contributed by atoms with Crippen LogP contribution in [0.5, 0.6) is 0 Å². The highest BCUT2D eigenvalue weighted by Crippen LogP contribution is 2.27. The Balaban J connectivity index is 3.10. The van der Waals surface area contributed by atoms with Crippen LogP contribution in [-0.2, 0) is 0 Å². The van der Waals surface area contributed by atoms with Gasteiger partial charge in [-0.25, -0.2) is 4.39 Å². The van der Waals surface area contributed by atoms with Crippen LogP contribution in [0, 0.1) is 12.7 Å². The van der Waals surface area contributed by atoms with Gasteiger partial charge in [-0.15, -0.1) is 0 Å². The van der Waals surface area contributed by atoms with E-state index in [4.69, 9.17) is 0 Å². The average Bonchev–Trinajstić information content (AvgIpc) is 2.07. The number of rotatable bonds is 2. The summed E-state index contributed by atoms with van der Waals surface area (Å²) in [4.78, 5) is 7.32. The van der Waals surface area contributed by atoms with Crippen LogP contribution in [0.4, 0.5) is 13.2 Å². The Morgan fingerprint density at radius 2 is 2.00 bits per heavy atom. The van der Waals surface area contributed by atoms with E-state index < -0.39 is 16.4 Å². The van der Waals surface area contributed by atoms with Gasteiger partial charge in [0.2, 0.25) is 5.78 Å². The molecule has 0 fully saturated rings. The predicted molar refractivity (Wildman–Crippen MR) is 49.3 cm³/mol. The van der Waals surface area contributed by atoms with E-state index in [0.29, 0.717) is 5.56 Å². The molecule has 0 unspecified atom stereocenters. The van der Waals surface area contributed by atoms with Crippen molar-refractivity contribution in [3.63, 3.8) is 0 Å². The van der Waals surface area contributed by atoms with Gasteiger partial charge in [0.05, 0.1) is 0 Å². The van der Waals surface area contributed by atoms with E-state index in [9.17, 15) is 18.0 Å². The first-order chi connectivity index (χ1) is 6.32. The number of hydrogen-bond acceptors (Lipinski definition) is 1. The van der Waals surface area contributed by atoms with Crippen LogP contribution in [0.1, 0.15) is 15.9 Å². The number of alkyl halides is 3. The Kier molecular flexibility index (Phi) is 2.99. The molecule has 0 aliphatic carbocycles. The zero-order valence-corrected chi connectivity index (χ0v) is 8.74. The molecule has 1 nitrogen and oxygen atoms in total. The maximum absolute atomic E-state index is 12.9. The van der Waals surface area contributed by atoms with Gasteiger partial charge < -0.3 is 0 Å². The van der Waals surface area contributed by atoms with Crippen LogP contribution >= 0.6 is 15.9 Å². The monoisotopic (exact) mass is 266 g/mol. The van der Waals surface area contributed by atoms with Crippen LogP contribution in [0.25, 0.3) is 0 Å². The first-order valence-corrected chi connectivity index (χ1v) is 4.49. The summed E-state index contributed by atoms with van der Waals surface area (Å²) >= 11 is 1.92. The number of ketones is 1. The Morgan fingerprint density at radius 1 is 1.43 bits per heavy atom. The molecule has 0 saturated heterocycles. The molecule has 0 bridgehead atoms. The van der Waals surface area contributed by atoms with Crippen LogP contribution in [-0.4, -0.2) is 10.6 Å². The van der Waals surface area contributed by atoms with Gasteiger partial charge in [0.15, 0.2) is 0 Å². The van der Waals surface area contributed by atoms with Crippen molar-refractivity contribution in [1.29, 1.82) is 0 Å². The number of carbonyl (C=O) groups excluding carboxylic acids is 1. The summed E-state index contributed by atoms with van der Waals surface area (Å²) in [5.74, 6) is -2.12. The molecular weight excluding hydrogens is 261 g/mol. The molecule has 0 spiro atoms. The molecule has 0 aliphatic rings. The Hall–Kier alpha value is -0.840. The molecule has 14 heavy (non-hydrogen) atoms. The van der Waals surface area contributed by atoms with Gasteiger partial charge in [0.25, 0.3) is 0 Å². The van der Waals surface area contributed by atoms with Crippen molar-refractivity contribution in [3.8, 4) is 0 Å². The van der Waals surface area contributed by atoms with Gasteiger partial charge in [-0.1, -0.05) is 12.1 Å². The second-order valence-electron chi connectivity index (χ2n) is 2.79. The van der Waals surface area contributed by atoms with Gasteiger partial charge in [0.1, 0.15) is 5.82 Å². The molecule has 0 amide bonds. The minimum atomic E-state index is -3.64. The van der Waals surface area contributed by atoms with Crippen molar-refractivity contribution in [3.05, 3.63) is 35.1 Å². The molecule has 1 aromatic rings. The third-order valence-electron chi connectivity index (χ3n) is 1.69. The SMILES string of the molecule is Cc1ccc(C(=O)C(F)(F)Br)cc1F. The van der Waals surface area contributed by atoms with Crippen molar-refractivity contribution >= 4 is 21.7 Å². The number of hydrogen-bond donors (Lipinski definition) is 0. The van der Waals surface area contributed by atoms with Crippen molar-refractivity contribution in [2.24, 2.45) is 0 Å². The molecule has 0 aliphatic heterocycles. The normalized spacial score (nSPS) is 11.5. The lowest BCUT2D eigenvalue weighted by atomic mass is 10.1. The third-order valence-corrected chi connectivity index (χ3v) is 2.05. The van der Waals surface area contributed by atoms with E-state index >= 15 is 0 Å². The lowest BCUT2D eigenvalue weighted by Crippen LogP contribution is -2.20. The fourth-order valence-corrected chi connectivity index (χ4v) is 1.13. The van der Waals surface area contributed by atoms with Crippen molar-refractivity contribution < 1.29 is 18.0 Å². The topological polar surface area (TPSA) is 17.1 Å². The largest absolute Gasteiger partial charge is 0.363 e. The summed E-state index contributed by atoms with van der Waals surface area (Å²) in [7, 11) is 0. The smallest absolute Gasteiger partial charge is 0.286 e. The molecule has 0 radical (unpaired) electrons. The molecule has 76 valence electrons. The Bertz CT molecular complexity index is 371. The number of benzene rings is 1. The van der Waals surface area contributed by atoms with Crippen molar-refractivity contribution in [2.75, 3.05) is 0 Å². The molecule has 1 aromatic carbocycles. The minimum Gasteiger partial charge on any atom is -0.286 e. The Labute approximate surface area is 87.1 Å². The van der Waals surface area contributed by atoms with Crippen LogP contribution in [0.15, 0.2) is 18.2 Å². The van der Waals surface area contributed by atoms with E-state index in [-0.39, 0.29) is 5.56 Å². The lowest BCUT2D eigenvalue weighted by Gasteiger charge is -2.07. The minimum absolute atomic E-state index is 0.305. The molecule has 0 saturated carbocycles. The number of halogens is 4. The highest BCUT2D eigenvalue weighted by molar-refractivity contribution is 9.10. The molecular formula is C9H6BrF3O. The zero-order valence-electron chi connectivity index (χ0n) is 7.15. The van der Waals surface area contributed by atoms with Crippen LogP contribution < -0.4 is 0 Å². The van der Waals surface area contributed by atoms with Gasteiger partial charge >= 0.3 is 4.83 Å². The van der Waals surface area contributed by atoms with Gasteiger partial charge in [-0.2, -0.15) is 8.78 Å². The summed E-state index contributed by atoms with van der Waals surface area (Å²) in [6, 6.07) is 3.24. The maximum atomic E-state index is 12.9. The standard InChI is InChI=1S/C9H6BrF3O/c1-5-2-3-6(4-7(5)11)8(14)9(10,12)13/h2-4H,1H3. The quantitative estimate of drug-likeness (QED) is 0.593. The van der Waals surface area contributed by atoms with Gasteiger partial charge in [0, 0.05) is 5.56 Å². The van der Waals surface area contributed by atoms with E-state index in [1.807, 2.05) is 15.9 Å². The van der Waals surface area contributed by atoms with E-state index in [0.717, 1.165) is 12.1 Å². The number of aryl methyl sites for hydroxylation is 1. The fraction of sp³-hybridized carbons (Fsp3) is 0.222. The predicted octanol–water partition coefficient (Wildman–Crippen LogP) is 3.30. The van der Waals surface area contributed by atoms with Crippen molar-refractivity contribution in [2.45, 2.75) is 11.8 Å². The molecule has 0 atom stereocenters. The van der Waals surface area contributed by atoms with Crippen molar-refractivity contribution in [1.82, 2.24) is 0 Å². The lowest BCUT2D eigenvalue weighted by molar-refractivity contribution is 0.0592. The summed E-state index contributed by atoms with van der Waals surface area (Å²) < 4.78 is 37.9. The first-order valence-electron chi connectivity index (χ1n) is 3.70. The second kappa shape index (κ2) is 3.73. The molecule has 5 heteroatoms. The third kappa shape index (κ3) is 2.35. The summed E-state index contributed by atoms with van der Waals surface area (Å²) in [6.07, 6.45) is 0. The molecule has 0 N–H and O–H groups in total. The van der Waals surface area contributed by atoms with Gasteiger partial charge in [-0.3, -0.25) is 4.79 Å². The highest BCUT2D eigenvalue weighted by Gasteiger charge is 2.35. The summed E-state index contributed by atoms with van der Waals surface area (Å²) in [5.41, 5.74) is -0.0468. The number of carbonyl (C=O) groups is 1. The highest BCUT2D eigenvalue weighted by atomic mass is 79.9. The number of Topliss-reactive ketones (excluding diaryl/α,β-unsaturated/α-hetero) is 1. The molecule has 1 rings (SSSR count). The second-order valence-corrected chi connectivity index (χ2v) is 3.79. The summed E-state index contributed by atoms with van der Waals surface area (Å²) in [6.45, 7) is 1.48. The summed E-state index contributed by atoms with van der Waals surface area (Å²) in [5, 5.41) is 0. The van der Waals surface area contributed by atoms with E-state index in [1.165, 1.54) is 13.0 Å². The van der Waals surface area contributed by atoms with E-state index in [1.54, 1.807) is 0 Å². The zero-order chi connectivity index (χ0) is 10.9. The molecule has 0 aromatic heterocycles. The molecule has 0 heterocycles. The van der Waals surface area contributed by atoms with Crippen LogP contribution in [0.3, 0.4) is 0 Å². The Morgan fingerprint density at radius 3 is 2.43 bits per heavy atom. The fourth-order valence-electron chi connectivity index (χ4n) is 0.898.